The van der Waals surface area contributed by atoms with Crippen molar-refractivity contribution >= 4 is 11.6 Å². The van der Waals surface area contributed by atoms with E-state index in [4.69, 9.17) is 9.47 Å². The molecule has 5 heterocycles. The summed E-state index contributed by atoms with van der Waals surface area (Å²) in [6.45, 7) is 8.01. The highest BCUT2D eigenvalue weighted by molar-refractivity contribution is 5.74. The van der Waals surface area contributed by atoms with Crippen LogP contribution >= 0.6 is 0 Å². The quantitative estimate of drug-likeness (QED) is 0.356. The van der Waals surface area contributed by atoms with Gasteiger partial charge in [-0.3, -0.25) is 4.98 Å². The number of hydrogen-bond donors (Lipinski definition) is 1. The van der Waals surface area contributed by atoms with Crippen LogP contribution < -0.4 is 4.74 Å². The van der Waals surface area contributed by atoms with Crippen molar-refractivity contribution in [3.63, 3.8) is 0 Å². The Balaban J connectivity index is 1.38. The van der Waals surface area contributed by atoms with Crippen molar-refractivity contribution in [2.24, 2.45) is 0 Å². The zero-order chi connectivity index (χ0) is 30.2. The van der Waals surface area contributed by atoms with Crippen molar-refractivity contribution in [1.82, 2.24) is 34.5 Å². The number of carbonyl (C=O) groups excluding carboxylic acids is 1. The summed E-state index contributed by atoms with van der Waals surface area (Å²) in [5.41, 5.74) is 1.56. The average Bonchev–Trinajstić information content (AvgIpc) is 3.53. The predicted molar refractivity (Wildman–Crippen MR) is 144 cm³/mol. The number of nitriles is 1. The molecular formula is C28H30F2N8O4. The van der Waals surface area contributed by atoms with Crippen LogP contribution in [0, 0.1) is 29.9 Å². The third-order valence-corrected chi connectivity index (χ3v) is 6.91. The molecule has 0 aromatic carbocycles. The molecule has 4 aromatic rings. The maximum atomic E-state index is 14.1. The molecule has 1 fully saturated rings. The molecule has 1 atom stereocenters. The molecule has 1 N–H and O–H groups in total. The SMILES string of the molecule is Cc1c(-c2cc(OC[C@@H](O)c3ncc(F)cc3F)c3c(C#N)cnn3c2)nnn1C1CCN(C(=O)OC(C)(C)C)CC1. The molecule has 0 aliphatic carbocycles. The minimum atomic E-state index is -1.50. The number of aliphatic hydroxyl groups excluding tert-OH is 1. The van der Waals surface area contributed by atoms with Crippen LogP contribution in [0.3, 0.4) is 0 Å². The van der Waals surface area contributed by atoms with Crippen LogP contribution in [0.25, 0.3) is 16.8 Å². The van der Waals surface area contributed by atoms with E-state index >= 15 is 0 Å². The van der Waals surface area contributed by atoms with Crippen molar-refractivity contribution in [2.45, 2.75) is 58.3 Å². The van der Waals surface area contributed by atoms with Crippen LogP contribution in [-0.2, 0) is 4.74 Å². The number of nitrogens with zero attached hydrogens (tertiary/aromatic N) is 8. The summed E-state index contributed by atoms with van der Waals surface area (Å²) in [6, 6.07) is 4.35. The summed E-state index contributed by atoms with van der Waals surface area (Å²) in [7, 11) is 0. The highest BCUT2D eigenvalue weighted by Gasteiger charge is 2.29. The second-order valence-electron chi connectivity index (χ2n) is 11.1. The highest BCUT2D eigenvalue weighted by atomic mass is 19.1. The molecule has 12 nitrogen and oxygen atoms in total. The van der Waals surface area contributed by atoms with Gasteiger partial charge in [-0.1, -0.05) is 5.21 Å². The molecule has 1 aliphatic heterocycles. The summed E-state index contributed by atoms with van der Waals surface area (Å²) in [6.07, 6.45) is 3.38. The molecule has 0 spiro atoms. The number of aliphatic hydroxyl groups is 1. The first-order chi connectivity index (χ1) is 19.9. The van der Waals surface area contributed by atoms with Crippen LogP contribution in [0.15, 0.2) is 30.7 Å². The Hall–Kier alpha value is -4.64. The lowest BCUT2D eigenvalue weighted by atomic mass is 10.0. The second kappa shape index (κ2) is 11.3. The van der Waals surface area contributed by atoms with Gasteiger partial charge in [-0.05, 0) is 46.6 Å². The van der Waals surface area contributed by atoms with E-state index in [0.717, 1.165) is 11.9 Å². The van der Waals surface area contributed by atoms with Crippen molar-refractivity contribution in [3.05, 3.63) is 59.3 Å². The molecule has 0 saturated carbocycles. The number of hydrogen-bond acceptors (Lipinski definition) is 9. The summed E-state index contributed by atoms with van der Waals surface area (Å²) in [5.74, 6) is -1.67. The fraction of sp³-hybridized carbons (Fsp3) is 0.429. The van der Waals surface area contributed by atoms with Gasteiger partial charge in [-0.2, -0.15) is 10.4 Å². The van der Waals surface area contributed by atoms with E-state index in [1.807, 2.05) is 32.4 Å². The Bertz CT molecular complexity index is 1660. The molecule has 0 bridgehead atoms. The van der Waals surface area contributed by atoms with Gasteiger partial charge in [-0.15, -0.1) is 5.10 Å². The van der Waals surface area contributed by atoms with E-state index in [1.165, 1.54) is 10.7 Å². The number of ether oxygens (including phenoxy) is 2. The van der Waals surface area contributed by atoms with Crippen LogP contribution in [0.5, 0.6) is 5.75 Å². The number of aromatic nitrogens is 6. The summed E-state index contributed by atoms with van der Waals surface area (Å²) >= 11 is 0. The first-order valence-electron chi connectivity index (χ1n) is 13.4. The Kier molecular flexibility index (Phi) is 7.79. The molecule has 1 saturated heterocycles. The van der Waals surface area contributed by atoms with Crippen molar-refractivity contribution in [1.29, 1.82) is 5.26 Å². The number of pyridine rings is 2. The number of halogens is 2. The number of carbonyl (C=O) groups is 1. The van der Waals surface area contributed by atoms with Gasteiger partial charge in [0.2, 0.25) is 0 Å². The molecule has 0 unspecified atom stereocenters. The fourth-order valence-electron chi connectivity index (χ4n) is 4.90. The van der Waals surface area contributed by atoms with E-state index in [0.29, 0.717) is 48.8 Å². The minimum Gasteiger partial charge on any atom is -0.488 e. The van der Waals surface area contributed by atoms with Gasteiger partial charge < -0.3 is 19.5 Å². The smallest absolute Gasteiger partial charge is 0.410 e. The Morgan fingerprint density at radius 2 is 1.98 bits per heavy atom. The zero-order valence-corrected chi connectivity index (χ0v) is 23.6. The van der Waals surface area contributed by atoms with Gasteiger partial charge in [0.25, 0.3) is 0 Å². The summed E-state index contributed by atoms with van der Waals surface area (Å²) in [5, 5.41) is 33.1. The molecular weight excluding hydrogens is 550 g/mol. The normalized spacial score (nSPS) is 15.0. The maximum absolute atomic E-state index is 14.1. The van der Waals surface area contributed by atoms with Crippen LogP contribution in [0.2, 0.25) is 0 Å². The number of rotatable bonds is 6. The Morgan fingerprint density at radius 1 is 1.24 bits per heavy atom. The molecule has 5 rings (SSSR count). The van der Waals surface area contributed by atoms with E-state index in [1.54, 1.807) is 17.2 Å². The molecule has 0 radical (unpaired) electrons. The first-order valence-corrected chi connectivity index (χ1v) is 13.4. The number of likely N-dealkylation sites (tertiary alicyclic amines) is 1. The van der Waals surface area contributed by atoms with Crippen molar-refractivity contribution in [2.75, 3.05) is 19.7 Å². The van der Waals surface area contributed by atoms with Gasteiger partial charge >= 0.3 is 6.09 Å². The van der Waals surface area contributed by atoms with Crippen LogP contribution in [0.1, 0.15) is 62.7 Å². The number of fused-ring (bicyclic) bond motifs is 1. The third-order valence-electron chi connectivity index (χ3n) is 6.91. The molecule has 220 valence electrons. The van der Waals surface area contributed by atoms with Gasteiger partial charge in [0.05, 0.1) is 24.1 Å². The topological polar surface area (TPSA) is 144 Å². The van der Waals surface area contributed by atoms with Crippen LogP contribution in [0.4, 0.5) is 13.6 Å². The van der Waals surface area contributed by atoms with Crippen molar-refractivity contribution < 1.29 is 28.2 Å². The van der Waals surface area contributed by atoms with Crippen molar-refractivity contribution in [3.8, 4) is 23.1 Å². The van der Waals surface area contributed by atoms with E-state index in [2.05, 4.69) is 26.5 Å². The zero-order valence-electron chi connectivity index (χ0n) is 23.6. The lowest BCUT2D eigenvalue weighted by molar-refractivity contribution is 0.0183. The Labute approximate surface area is 240 Å². The van der Waals surface area contributed by atoms with E-state index < -0.39 is 29.9 Å². The largest absolute Gasteiger partial charge is 0.488 e. The summed E-state index contributed by atoms with van der Waals surface area (Å²) < 4.78 is 42.0. The maximum Gasteiger partial charge on any atom is 0.410 e. The van der Waals surface area contributed by atoms with Gasteiger partial charge in [0.1, 0.15) is 64.2 Å². The standard InChI is InChI=1S/C28H30F2N8O4/c1-16-24(34-35-38(16)20-5-7-36(8-6-20)27(40)42-28(2,3)4)17-9-23(26-18(11-31)12-33-37(26)14-17)41-15-22(39)25-21(30)10-19(29)13-32-25/h9-10,12-14,20,22,39H,5-8,15H2,1-4H3/t22-/m1/s1. The number of piperidine rings is 1. The van der Waals surface area contributed by atoms with Gasteiger partial charge in [0, 0.05) is 30.9 Å². The lowest BCUT2D eigenvalue weighted by Gasteiger charge is -2.33. The third kappa shape index (κ3) is 5.87. The number of amides is 1. The molecule has 42 heavy (non-hydrogen) atoms. The second-order valence-corrected chi connectivity index (χ2v) is 11.1. The van der Waals surface area contributed by atoms with Crippen LogP contribution in [-0.4, -0.2) is 71.0 Å². The monoisotopic (exact) mass is 580 g/mol. The summed E-state index contributed by atoms with van der Waals surface area (Å²) in [4.78, 5) is 17.8. The fourth-order valence-corrected chi connectivity index (χ4v) is 4.90. The molecule has 1 amide bonds. The lowest BCUT2D eigenvalue weighted by Crippen LogP contribution is -2.42. The van der Waals surface area contributed by atoms with Gasteiger partial charge in [-0.25, -0.2) is 22.8 Å². The Morgan fingerprint density at radius 3 is 2.64 bits per heavy atom. The minimum absolute atomic E-state index is 0.0209. The average molecular weight is 581 g/mol. The predicted octanol–water partition coefficient (Wildman–Crippen LogP) is 4.13. The van der Waals surface area contributed by atoms with E-state index in [9.17, 15) is 23.9 Å². The van der Waals surface area contributed by atoms with Gasteiger partial charge in [0.15, 0.2) is 0 Å². The molecule has 14 heteroatoms. The van der Waals surface area contributed by atoms with E-state index in [-0.39, 0.29) is 29.1 Å². The molecule has 1 aliphatic rings. The highest BCUT2D eigenvalue weighted by Crippen LogP contribution is 2.33. The first kappa shape index (κ1) is 28.9. The molecule has 4 aromatic heterocycles.